The van der Waals surface area contributed by atoms with Crippen molar-refractivity contribution in [3.05, 3.63) is 29.8 Å². The van der Waals surface area contributed by atoms with Crippen molar-refractivity contribution in [2.45, 2.75) is 20.3 Å². The van der Waals surface area contributed by atoms with Gasteiger partial charge in [-0.15, -0.1) is 0 Å². The summed E-state index contributed by atoms with van der Waals surface area (Å²) in [6, 6.07) is 6.66. The molecule has 0 fully saturated rings. The maximum absolute atomic E-state index is 12.0. The first-order valence-corrected chi connectivity index (χ1v) is 5.64. The fourth-order valence-electron chi connectivity index (χ4n) is 1.67. The van der Waals surface area contributed by atoms with Gasteiger partial charge >= 0.3 is 0 Å². The van der Waals surface area contributed by atoms with E-state index in [1.807, 2.05) is 0 Å². The van der Waals surface area contributed by atoms with Crippen LogP contribution in [0.25, 0.3) is 0 Å². The van der Waals surface area contributed by atoms with Gasteiger partial charge in [-0.25, -0.2) is 0 Å². The summed E-state index contributed by atoms with van der Waals surface area (Å²) in [5, 5.41) is 0. The average molecular weight is 248 g/mol. The lowest BCUT2D eigenvalue weighted by Crippen LogP contribution is -2.22. The Labute approximate surface area is 106 Å². The molecule has 0 saturated carbocycles. The number of rotatable bonds is 6. The van der Waals surface area contributed by atoms with E-state index in [0.717, 1.165) is 0 Å². The minimum Gasteiger partial charge on any atom is -0.497 e. The van der Waals surface area contributed by atoms with E-state index in [9.17, 15) is 14.4 Å². The number of carbonyl (C=O) groups is 3. The zero-order valence-corrected chi connectivity index (χ0v) is 10.7. The first kappa shape index (κ1) is 14.1. The Kier molecular flexibility index (Phi) is 4.77. The van der Waals surface area contributed by atoms with Crippen molar-refractivity contribution in [2.75, 3.05) is 7.11 Å². The van der Waals surface area contributed by atoms with Crippen LogP contribution in [0.2, 0.25) is 0 Å². The number of benzene rings is 1. The largest absolute Gasteiger partial charge is 0.497 e. The van der Waals surface area contributed by atoms with Gasteiger partial charge in [-0.1, -0.05) is 12.1 Å². The van der Waals surface area contributed by atoms with Gasteiger partial charge in [0.2, 0.25) is 0 Å². The smallest absolute Gasteiger partial charge is 0.164 e. The minimum absolute atomic E-state index is 0.0855. The van der Waals surface area contributed by atoms with E-state index >= 15 is 0 Å². The maximum atomic E-state index is 12.0. The van der Waals surface area contributed by atoms with Crippen molar-refractivity contribution in [2.24, 2.45) is 5.92 Å². The third-order valence-corrected chi connectivity index (χ3v) is 2.76. The van der Waals surface area contributed by atoms with Gasteiger partial charge in [0.25, 0.3) is 0 Å². The van der Waals surface area contributed by atoms with E-state index in [1.54, 1.807) is 24.3 Å². The van der Waals surface area contributed by atoms with Crippen LogP contribution in [-0.4, -0.2) is 24.5 Å². The average Bonchev–Trinajstić information content (AvgIpc) is 2.34. The highest BCUT2D eigenvalue weighted by molar-refractivity contribution is 6.07. The molecule has 0 unspecified atom stereocenters. The Morgan fingerprint density at radius 3 is 2.28 bits per heavy atom. The van der Waals surface area contributed by atoms with E-state index in [0.29, 0.717) is 11.3 Å². The molecular formula is C14H16O4. The zero-order chi connectivity index (χ0) is 13.7. The third kappa shape index (κ3) is 3.52. The molecule has 4 heteroatoms. The van der Waals surface area contributed by atoms with Crippen molar-refractivity contribution < 1.29 is 19.1 Å². The second-order valence-electron chi connectivity index (χ2n) is 4.13. The normalized spacial score (nSPS) is 10.2. The molecule has 1 aromatic carbocycles. The van der Waals surface area contributed by atoms with E-state index < -0.39 is 5.92 Å². The Morgan fingerprint density at radius 2 is 1.78 bits per heavy atom. The standard InChI is InChI=1S/C14H16O4/c1-9(15)13(10(2)16)8-14(17)11-5-4-6-12(7-11)18-3/h4-7,13H,8H2,1-3H3. The molecule has 0 spiro atoms. The summed E-state index contributed by atoms with van der Waals surface area (Å²) in [7, 11) is 1.51. The number of methoxy groups -OCH3 is 1. The van der Waals surface area contributed by atoms with E-state index in [4.69, 9.17) is 4.74 Å². The predicted octanol–water partition coefficient (Wildman–Crippen LogP) is 2.06. The molecule has 4 nitrogen and oxygen atoms in total. The van der Waals surface area contributed by atoms with Gasteiger partial charge in [0.15, 0.2) is 5.78 Å². The predicted molar refractivity (Wildman–Crippen MR) is 66.8 cm³/mol. The number of carbonyl (C=O) groups excluding carboxylic acids is 3. The number of hydrogen-bond donors (Lipinski definition) is 0. The molecule has 0 bridgehead atoms. The van der Waals surface area contributed by atoms with Crippen LogP contribution in [0.5, 0.6) is 5.75 Å². The van der Waals surface area contributed by atoms with Crippen LogP contribution in [0.1, 0.15) is 30.6 Å². The van der Waals surface area contributed by atoms with Crippen LogP contribution in [0.15, 0.2) is 24.3 Å². The summed E-state index contributed by atoms with van der Waals surface area (Å²) < 4.78 is 5.02. The van der Waals surface area contributed by atoms with E-state index in [-0.39, 0.29) is 23.8 Å². The van der Waals surface area contributed by atoms with E-state index in [1.165, 1.54) is 21.0 Å². The van der Waals surface area contributed by atoms with Crippen LogP contribution < -0.4 is 4.74 Å². The van der Waals surface area contributed by atoms with Crippen molar-refractivity contribution in [3.63, 3.8) is 0 Å². The number of Topliss-reactive ketones (excluding diaryl/α,β-unsaturated/α-hetero) is 3. The number of ketones is 3. The molecule has 0 heterocycles. The van der Waals surface area contributed by atoms with Crippen molar-refractivity contribution >= 4 is 17.3 Å². The first-order valence-electron chi connectivity index (χ1n) is 5.64. The molecule has 0 aliphatic rings. The second-order valence-corrected chi connectivity index (χ2v) is 4.13. The molecular weight excluding hydrogens is 232 g/mol. The topological polar surface area (TPSA) is 60.4 Å². The summed E-state index contributed by atoms with van der Waals surface area (Å²) in [6.07, 6.45) is -0.0855. The monoisotopic (exact) mass is 248 g/mol. The van der Waals surface area contributed by atoms with Gasteiger partial charge in [-0.3, -0.25) is 14.4 Å². The van der Waals surface area contributed by atoms with Gasteiger partial charge in [-0.05, 0) is 26.0 Å². The summed E-state index contributed by atoms with van der Waals surface area (Å²) in [6.45, 7) is 2.65. The SMILES string of the molecule is COc1cccc(C(=O)CC(C(C)=O)C(C)=O)c1. The van der Waals surface area contributed by atoms with Gasteiger partial charge in [0.1, 0.15) is 17.3 Å². The Morgan fingerprint density at radius 1 is 1.17 bits per heavy atom. The van der Waals surface area contributed by atoms with Crippen LogP contribution in [0.3, 0.4) is 0 Å². The Hall–Kier alpha value is -1.97. The lowest BCUT2D eigenvalue weighted by Gasteiger charge is -2.09. The van der Waals surface area contributed by atoms with Crippen LogP contribution in [0, 0.1) is 5.92 Å². The molecule has 0 saturated heterocycles. The lowest BCUT2D eigenvalue weighted by molar-refractivity contribution is -0.130. The molecule has 0 aliphatic carbocycles. The molecule has 0 aliphatic heterocycles. The quantitative estimate of drug-likeness (QED) is 0.571. The zero-order valence-electron chi connectivity index (χ0n) is 10.7. The van der Waals surface area contributed by atoms with E-state index in [2.05, 4.69) is 0 Å². The lowest BCUT2D eigenvalue weighted by atomic mass is 9.92. The summed E-state index contributed by atoms with van der Waals surface area (Å²) in [4.78, 5) is 34.5. The Balaban J connectivity index is 2.87. The number of hydrogen-bond acceptors (Lipinski definition) is 4. The highest BCUT2D eigenvalue weighted by atomic mass is 16.5. The van der Waals surface area contributed by atoms with Crippen molar-refractivity contribution in [3.8, 4) is 5.75 Å². The summed E-state index contributed by atoms with van der Waals surface area (Å²) in [5.41, 5.74) is 0.446. The van der Waals surface area contributed by atoms with Crippen molar-refractivity contribution in [1.82, 2.24) is 0 Å². The second kappa shape index (κ2) is 6.10. The van der Waals surface area contributed by atoms with Crippen LogP contribution in [0.4, 0.5) is 0 Å². The molecule has 0 aromatic heterocycles. The van der Waals surface area contributed by atoms with Gasteiger partial charge < -0.3 is 4.74 Å². The highest BCUT2D eigenvalue weighted by Crippen LogP contribution is 2.17. The number of ether oxygens (including phenoxy) is 1. The summed E-state index contributed by atoms with van der Waals surface area (Å²) >= 11 is 0. The van der Waals surface area contributed by atoms with Gasteiger partial charge in [-0.2, -0.15) is 0 Å². The molecule has 0 N–H and O–H groups in total. The molecule has 0 radical (unpaired) electrons. The third-order valence-electron chi connectivity index (χ3n) is 2.76. The molecule has 0 amide bonds. The highest BCUT2D eigenvalue weighted by Gasteiger charge is 2.23. The molecule has 18 heavy (non-hydrogen) atoms. The minimum atomic E-state index is -0.844. The van der Waals surface area contributed by atoms with Crippen molar-refractivity contribution in [1.29, 1.82) is 0 Å². The van der Waals surface area contributed by atoms with Crippen LogP contribution in [-0.2, 0) is 9.59 Å². The fourth-order valence-corrected chi connectivity index (χ4v) is 1.67. The molecule has 1 aromatic rings. The fraction of sp³-hybridized carbons (Fsp3) is 0.357. The van der Waals surface area contributed by atoms with Gasteiger partial charge in [0.05, 0.1) is 13.0 Å². The molecule has 1 rings (SSSR count). The molecule has 0 atom stereocenters. The maximum Gasteiger partial charge on any atom is 0.164 e. The Bertz CT molecular complexity index is 462. The molecule has 96 valence electrons. The first-order chi connectivity index (χ1) is 8.45. The summed E-state index contributed by atoms with van der Waals surface area (Å²) in [5.74, 6) is -1.06. The van der Waals surface area contributed by atoms with Crippen LogP contribution >= 0.6 is 0 Å². The van der Waals surface area contributed by atoms with Gasteiger partial charge in [0, 0.05) is 12.0 Å².